The summed E-state index contributed by atoms with van der Waals surface area (Å²) in [6.45, 7) is 10.2. The van der Waals surface area contributed by atoms with Crippen molar-refractivity contribution in [3.63, 3.8) is 0 Å². The molecule has 0 aromatic heterocycles. The molecular formula is C16H27N3. The summed E-state index contributed by atoms with van der Waals surface area (Å²) in [5.74, 6) is 0. The molecule has 1 aliphatic heterocycles. The van der Waals surface area contributed by atoms with Gasteiger partial charge in [0.05, 0.1) is 0 Å². The van der Waals surface area contributed by atoms with Crippen molar-refractivity contribution in [2.75, 3.05) is 33.2 Å². The minimum Gasteiger partial charge on any atom is -0.311 e. The fourth-order valence-corrected chi connectivity index (χ4v) is 2.76. The molecular weight excluding hydrogens is 234 g/mol. The minimum absolute atomic E-state index is 0.665. The van der Waals surface area contributed by atoms with Gasteiger partial charge in [-0.15, -0.1) is 0 Å². The first-order valence-electron chi connectivity index (χ1n) is 7.35. The van der Waals surface area contributed by atoms with Crippen molar-refractivity contribution in [1.29, 1.82) is 0 Å². The largest absolute Gasteiger partial charge is 0.311 e. The van der Waals surface area contributed by atoms with Gasteiger partial charge in [-0.3, -0.25) is 9.80 Å². The molecule has 3 nitrogen and oxygen atoms in total. The van der Waals surface area contributed by atoms with Crippen LogP contribution in [0.1, 0.15) is 19.4 Å². The molecule has 19 heavy (non-hydrogen) atoms. The number of rotatable bonds is 5. The van der Waals surface area contributed by atoms with Crippen molar-refractivity contribution in [2.24, 2.45) is 0 Å². The normalized spacial score (nSPS) is 25.6. The summed E-state index contributed by atoms with van der Waals surface area (Å²) in [7, 11) is 2.24. The van der Waals surface area contributed by atoms with Gasteiger partial charge in [0.25, 0.3) is 0 Å². The maximum atomic E-state index is 3.53. The molecule has 0 aliphatic carbocycles. The van der Waals surface area contributed by atoms with E-state index in [4.69, 9.17) is 0 Å². The van der Waals surface area contributed by atoms with Gasteiger partial charge < -0.3 is 5.32 Å². The van der Waals surface area contributed by atoms with Gasteiger partial charge in [0, 0.05) is 44.8 Å². The van der Waals surface area contributed by atoms with Gasteiger partial charge in [-0.1, -0.05) is 30.3 Å². The summed E-state index contributed by atoms with van der Waals surface area (Å²) in [5, 5.41) is 3.53. The zero-order valence-electron chi connectivity index (χ0n) is 12.5. The standard InChI is InChI=1S/C16H27N3/c1-14-12-19(13-15(2)18(14)3)10-9-17-11-16-7-5-4-6-8-16/h4-8,14-15,17H,9-13H2,1-3H3. The van der Waals surface area contributed by atoms with Crippen molar-refractivity contribution in [3.05, 3.63) is 35.9 Å². The molecule has 106 valence electrons. The van der Waals surface area contributed by atoms with Crippen molar-refractivity contribution in [1.82, 2.24) is 15.1 Å². The first kappa shape index (κ1) is 14.5. The lowest BCUT2D eigenvalue weighted by molar-refractivity contribution is 0.0607. The average molecular weight is 261 g/mol. The van der Waals surface area contributed by atoms with Crippen molar-refractivity contribution < 1.29 is 0 Å². The quantitative estimate of drug-likeness (QED) is 0.816. The Morgan fingerprint density at radius 1 is 1.11 bits per heavy atom. The number of hydrogen-bond donors (Lipinski definition) is 1. The summed E-state index contributed by atoms with van der Waals surface area (Å²) in [4.78, 5) is 5.06. The number of benzene rings is 1. The zero-order valence-corrected chi connectivity index (χ0v) is 12.5. The number of nitrogens with one attached hydrogen (secondary N) is 1. The lowest BCUT2D eigenvalue weighted by Gasteiger charge is -2.42. The van der Waals surface area contributed by atoms with E-state index in [1.807, 2.05) is 0 Å². The van der Waals surface area contributed by atoms with Crippen molar-refractivity contribution in [3.8, 4) is 0 Å². The lowest BCUT2D eigenvalue weighted by Crippen LogP contribution is -2.55. The van der Waals surface area contributed by atoms with Crippen LogP contribution in [0.25, 0.3) is 0 Å². The molecule has 1 fully saturated rings. The topological polar surface area (TPSA) is 18.5 Å². The SMILES string of the molecule is CC1CN(CCNCc2ccccc2)CC(C)N1C. The molecule has 1 aromatic carbocycles. The number of hydrogen-bond acceptors (Lipinski definition) is 3. The molecule has 0 radical (unpaired) electrons. The molecule has 0 amide bonds. The predicted octanol–water partition coefficient (Wildman–Crippen LogP) is 1.80. The first-order valence-corrected chi connectivity index (χ1v) is 7.35. The molecule has 3 heteroatoms. The number of nitrogens with zero attached hydrogens (tertiary/aromatic N) is 2. The molecule has 2 unspecified atom stereocenters. The van der Waals surface area contributed by atoms with Crippen LogP contribution in [0.4, 0.5) is 0 Å². The Morgan fingerprint density at radius 3 is 2.37 bits per heavy atom. The van der Waals surface area contributed by atoms with Crippen LogP contribution in [-0.4, -0.2) is 55.1 Å². The van der Waals surface area contributed by atoms with E-state index in [0.717, 1.165) is 19.6 Å². The van der Waals surface area contributed by atoms with Crippen LogP contribution in [-0.2, 0) is 6.54 Å². The van der Waals surface area contributed by atoms with E-state index < -0.39 is 0 Å². The molecule has 1 N–H and O–H groups in total. The molecule has 1 saturated heterocycles. The third-order valence-corrected chi connectivity index (χ3v) is 4.21. The zero-order chi connectivity index (χ0) is 13.7. The molecule has 2 rings (SSSR count). The fourth-order valence-electron chi connectivity index (χ4n) is 2.76. The number of likely N-dealkylation sites (N-methyl/N-ethyl adjacent to an activating group) is 1. The molecule has 1 heterocycles. The van der Waals surface area contributed by atoms with Gasteiger partial charge in [-0.05, 0) is 26.5 Å². The highest BCUT2D eigenvalue weighted by Crippen LogP contribution is 2.12. The summed E-state index contributed by atoms with van der Waals surface area (Å²) < 4.78 is 0. The molecule has 0 spiro atoms. The van der Waals surface area contributed by atoms with Crippen molar-refractivity contribution in [2.45, 2.75) is 32.5 Å². The monoisotopic (exact) mass is 261 g/mol. The Balaban J connectivity index is 1.66. The summed E-state index contributed by atoms with van der Waals surface area (Å²) in [6.07, 6.45) is 0. The molecule has 1 aliphatic rings. The van der Waals surface area contributed by atoms with Crippen LogP contribution < -0.4 is 5.32 Å². The highest BCUT2D eigenvalue weighted by molar-refractivity contribution is 5.14. The maximum absolute atomic E-state index is 3.53. The fraction of sp³-hybridized carbons (Fsp3) is 0.625. The Morgan fingerprint density at radius 2 is 1.74 bits per heavy atom. The maximum Gasteiger partial charge on any atom is 0.0206 e. The van der Waals surface area contributed by atoms with Crippen LogP contribution in [0.15, 0.2) is 30.3 Å². The van der Waals surface area contributed by atoms with Gasteiger partial charge in [0.15, 0.2) is 0 Å². The predicted molar refractivity (Wildman–Crippen MR) is 81.3 cm³/mol. The van der Waals surface area contributed by atoms with E-state index in [9.17, 15) is 0 Å². The first-order chi connectivity index (χ1) is 9.16. The van der Waals surface area contributed by atoms with Crippen molar-refractivity contribution >= 4 is 0 Å². The van der Waals surface area contributed by atoms with E-state index in [0.29, 0.717) is 12.1 Å². The van der Waals surface area contributed by atoms with Crippen LogP contribution in [0.3, 0.4) is 0 Å². The van der Waals surface area contributed by atoms with Gasteiger partial charge in [0.1, 0.15) is 0 Å². The summed E-state index contributed by atoms with van der Waals surface area (Å²) >= 11 is 0. The minimum atomic E-state index is 0.665. The van der Waals surface area contributed by atoms with E-state index in [2.05, 4.69) is 66.3 Å². The van der Waals surface area contributed by atoms with Crippen LogP contribution in [0.5, 0.6) is 0 Å². The second kappa shape index (κ2) is 7.04. The van der Waals surface area contributed by atoms with E-state index in [1.165, 1.54) is 18.7 Å². The van der Waals surface area contributed by atoms with Crippen LogP contribution >= 0.6 is 0 Å². The van der Waals surface area contributed by atoms with Gasteiger partial charge in [-0.25, -0.2) is 0 Å². The Bertz CT molecular complexity index is 354. The van der Waals surface area contributed by atoms with E-state index in [-0.39, 0.29) is 0 Å². The second-order valence-electron chi connectivity index (χ2n) is 5.79. The molecule has 1 aromatic rings. The summed E-state index contributed by atoms with van der Waals surface area (Å²) in [6, 6.07) is 11.9. The molecule has 0 saturated carbocycles. The van der Waals surface area contributed by atoms with E-state index in [1.54, 1.807) is 0 Å². The van der Waals surface area contributed by atoms with Crippen LogP contribution in [0.2, 0.25) is 0 Å². The highest BCUT2D eigenvalue weighted by Gasteiger charge is 2.25. The average Bonchev–Trinajstić information content (AvgIpc) is 2.42. The summed E-state index contributed by atoms with van der Waals surface area (Å²) in [5.41, 5.74) is 1.36. The molecule has 2 atom stereocenters. The lowest BCUT2D eigenvalue weighted by atomic mass is 10.1. The number of piperazine rings is 1. The highest BCUT2D eigenvalue weighted by atomic mass is 15.3. The third kappa shape index (κ3) is 4.30. The van der Waals surface area contributed by atoms with Gasteiger partial charge >= 0.3 is 0 Å². The smallest absolute Gasteiger partial charge is 0.0206 e. The molecule has 0 bridgehead atoms. The Labute approximate surface area is 117 Å². The van der Waals surface area contributed by atoms with Gasteiger partial charge in [0.2, 0.25) is 0 Å². The Hall–Kier alpha value is -0.900. The Kier molecular flexibility index (Phi) is 5.37. The third-order valence-electron chi connectivity index (χ3n) is 4.21. The van der Waals surface area contributed by atoms with Gasteiger partial charge in [-0.2, -0.15) is 0 Å². The second-order valence-corrected chi connectivity index (χ2v) is 5.79. The van der Waals surface area contributed by atoms with E-state index >= 15 is 0 Å². The van der Waals surface area contributed by atoms with Crippen LogP contribution in [0, 0.1) is 0 Å².